The number of nitrogens with zero attached hydrogens (tertiary/aromatic N) is 1. The highest BCUT2D eigenvalue weighted by Crippen LogP contribution is 2.29. The van der Waals surface area contributed by atoms with Crippen LogP contribution in [-0.4, -0.2) is 27.7 Å². The molecule has 0 bridgehead atoms. The van der Waals surface area contributed by atoms with Crippen LogP contribution < -0.4 is 4.74 Å². The molecule has 0 aromatic heterocycles. The van der Waals surface area contributed by atoms with Gasteiger partial charge in [0.05, 0.1) is 11.0 Å². The Morgan fingerprint density at radius 2 is 2.20 bits per heavy atom. The lowest BCUT2D eigenvalue weighted by molar-refractivity contribution is -0.385. The van der Waals surface area contributed by atoms with Gasteiger partial charge in [-0.2, -0.15) is 0 Å². The molecule has 7 nitrogen and oxygen atoms in total. The van der Waals surface area contributed by atoms with Gasteiger partial charge in [0.1, 0.15) is 0 Å². The second-order valence-corrected chi connectivity index (χ2v) is 2.59. The van der Waals surface area contributed by atoms with Gasteiger partial charge in [-0.1, -0.05) is 0 Å². The number of aromatic hydroxyl groups is 1. The van der Waals surface area contributed by atoms with E-state index in [1.165, 1.54) is 0 Å². The number of hydrogen-bond acceptors (Lipinski definition) is 5. The van der Waals surface area contributed by atoms with Crippen molar-refractivity contribution in [3.63, 3.8) is 0 Å². The van der Waals surface area contributed by atoms with Crippen molar-refractivity contribution in [1.82, 2.24) is 0 Å². The summed E-state index contributed by atoms with van der Waals surface area (Å²) < 4.78 is 4.64. The van der Waals surface area contributed by atoms with Crippen molar-refractivity contribution in [3.05, 3.63) is 28.3 Å². The van der Waals surface area contributed by atoms with E-state index in [4.69, 9.17) is 5.11 Å². The van der Waals surface area contributed by atoms with Crippen molar-refractivity contribution in [2.24, 2.45) is 0 Å². The first kappa shape index (κ1) is 10.8. The van der Waals surface area contributed by atoms with Crippen LogP contribution >= 0.6 is 0 Å². The number of nitro benzene ring substituents is 1. The fourth-order valence-electron chi connectivity index (χ4n) is 0.871. The quantitative estimate of drug-likeness (QED) is 0.564. The Hall–Kier alpha value is -2.31. The summed E-state index contributed by atoms with van der Waals surface area (Å²) in [6.45, 7) is -0.672. The minimum absolute atomic E-state index is 0.230. The summed E-state index contributed by atoms with van der Waals surface area (Å²) in [5, 5.41) is 27.8. The molecule has 1 rings (SSSR count). The molecule has 0 amide bonds. The molecule has 0 saturated heterocycles. The highest BCUT2D eigenvalue weighted by atomic mass is 16.6. The maximum absolute atomic E-state index is 10.4. The van der Waals surface area contributed by atoms with Crippen LogP contribution in [0, 0.1) is 10.1 Å². The lowest BCUT2D eigenvalue weighted by Gasteiger charge is -2.04. The third-order valence-corrected chi connectivity index (χ3v) is 1.51. The summed E-state index contributed by atoms with van der Waals surface area (Å²) in [6, 6.07) is 3.11. The Morgan fingerprint density at radius 3 is 2.73 bits per heavy atom. The van der Waals surface area contributed by atoms with Gasteiger partial charge in [-0.3, -0.25) is 10.1 Å². The fourth-order valence-corrected chi connectivity index (χ4v) is 0.871. The fraction of sp³-hybridized carbons (Fsp3) is 0.125. The van der Waals surface area contributed by atoms with E-state index in [1.54, 1.807) is 0 Å². The van der Waals surface area contributed by atoms with Crippen molar-refractivity contribution in [2.75, 3.05) is 6.61 Å². The summed E-state index contributed by atoms with van der Waals surface area (Å²) in [5.41, 5.74) is -0.284. The van der Waals surface area contributed by atoms with Crippen LogP contribution in [0.2, 0.25) is 0 Å². The highest BCUT2D eigenvalue weighted by molar-refractivity contribution is 5.68. The van der Waals surface area contributed by atoms with Gasteiger partial charge in [-0.15, -0.1) is 0 Å². The number of benzene rings is 1. The van der Waals surface area contributed by atoms with E-state index in [0.29, 0.717) is 0 Å². The largest absolute Gasteiger partial charge is 0.504 e. The van der Waals surface area contributed by atoms with Crippen molar-refractivity contribution in [1.29, 1.82) is 0 Å². The summed E-state index contributed by atoms with van der Waals surface area (Å²) in [4.78, 5) is 19.8. The van der Waals surface area contributed by atoms with Gasteiger partial charge in [0, 0.05) is 6.07 Å². The standard InChI is InChI=1S/C8H7NO6/c10-6-2-1-5(9(13)14)3-7(6)15-4-8(11)12/h1-3,10H,4H2,(H,11,12). The minimum atomic E-state index is -1.24. The van der Waals surface area contributed by atoms with E-state index in [0.717, 1.165) is 18.2 Å². The molecule has 0 heterocycles. The number of aliphatic carboxylic acids is 1. The van der Waals surface area contributed by atoms with Crippen LogP contribution in [0.3, 0.4) is 0 Å². The average molecular weight is 213 g/mol. The number of phenolic OH excluding ortho intramolecular Hbond substituents is 1. The molecular formula is C8H7NO6. The second-order valence-electron chi connectivity index (χ2n) is 2.59. The molecule has 0 aliphatic heterocycles. The molecule has 15 heavy (non-hydrogen) atoms. The molecule has 1 aromatic rings. The first-order chi connectivity index (χ1) is 7.00. The second kappa shape index (κ2) is 4.27. The van der Waals surface area contributed by atoms with Gasteiger partial charge in [-0.05, 0) is 6.07 Å². The molecule has 0 aliphatic carbocycles. The molecule has 0 fully saturated rings. The molecule has 80 valence electrons. The number of phenols is 1. The Balaban J connectivity index is 2.90. The van der Waals surface area contributed by atoms with Crippen LogP contribution in [0.15, 0.2) is 18.2 Å². The predicted octanol–water partition coefficient (Wildman–Crippen LogP) is 0.764. The minimum Gasteiger partial charge on any atom is -0.504 e. The molecule has 0 atom stereocenters. The monoisotopic (exact) mass is 213 g/mol. The van der Waals surface area contributed by atoms with E-state index >= 15 is 0 Å². The molecule has 2 N–H and O–H groups in total. The molecule has 0 unspecified atom stereocenters. The van der Waals surface area contributed by atoms with Crippen LogP contribution in [0.5, 0.6) is 11.5 Å². The van der Waals surface area contributed by atoms with E-state index in [9.17, 15) is 20.0 Å². The van der Waals surface area contributed by atoms with Crippen LogP contribution in [0.4, 0.5) is 5.69 Å². The van der Waals surface area contributed by atoms with Crippen molar-refractivity contribution < 1.29 is 24.7 Å². The normalized spacial score (nSPS) is 9.60. The Kier molecular flexibility index (Phi) is 3.06. The van der Waals surface area contributed by atoms with Gasteiger partial charge in [0.25, 0.3) is 5.69 Å². The average Bonchev–Trinajstić information content (AvgIpc) is 2.16. The topological polar surface area (TPSA) is 110 Å². The number of carbonyl (C=O) groups is 1. The maximum atomic E-state index is 10.4. The van der Waals surface area contributed by atoms with E-state index in [1.807, 2.05) is 0 Å². The smallest absolute Gasteiger partial charge is 0.341 e. The number of non-ortho nitro benzene ring substituents is 1. The number of nitro groups is 1. The SMILES string of the molecule is O=C(O)COc1cc([N+](=O)[O-])ccc1O. The number of carboxylic acid groups (broad SMARTS) is 1. The Morgan fingerprint density at radius 1 is 1.53 bits per heavy atom. The van der Waals surface area contributed by atoms with Crippen LogP contribution in [0.1, 0.15) is 0 Å². The maximum Gasteiger partial charge on any atom is 0.341 e. The Labute approximate surface area is 83.7 Å². The Bertz CT molecular complexity index is 402. The molecule has 0 aliphatic rings. The number of carboxylic acids is 1. The van der Waals surface area contributed by atoms with Crippen molar-refractivity contribution in [3.8, 4) is 11.5 Å². The summed E-state index contributed by atoms with van der Waals surface area (Å²) in [7, 11) is 0. The molecule has 1 aromatic carbocycles. The highest BCUT2D eigenvalue weighted by Gasteiger charge is 2.12. The van der Waals surface area contributed by atoms with Gasteiger partial charge in [0.15, 0.2) is 18.1 Å². The first-order valence-electron chi connectivity index (χ1n) is 3.82. The lowest BCUT2D eigenvalue weighted by atomic mass is 10.3. The zero-order valence-electron chi connectivity index (χ0n) is 7.41. The number of ether oxygens (including phenoxy) is 1. The molecule has 0 saturated carbocycles. The predicted molar refractivity (Wildman–Crippen MR) is 47.9 cm³/mol. The van der Waals surface area contributed by atoms with E-state index in [-0.39, 0.29) is 17.2 Å². The van der Waals surface area contributed by atoms with Crippen LogP contribution in [0.25, 0.3) is 0 Å². The van der Waals surface area contributed by atoms with Crippen molar-refractivity contribution >= 4 is 11.7 Å². The summed E-state index contributed by atoms with van der Waals surface area (Å²) >= 11 is 0. The number of rotatable bonds is 4. The third-order valence-electron chi connectivity index (χ3n) is 1.51. The zero-order chi connectivity index (χ0) is 11.4. The molecule has 0 spiro atoms. The molecular weight excluding hydrogens is 206 g/mol. The van der Waals surface area contributed by atoms with Gasteiger partial charge >= 0.3 is 5.97 Å². The molecule has 7 heteroatoms. The molecule has 0 radical (unpaired) electrons. The zero-order valence-corrected chi connectivity index (χ0v) is 7.41. The summed E-state index contributed by atoms with van der Waals surface area (Å²) in [5.74, 6) is -1.81. The van der Waals surface area contributed by atoms with Crippen molar-refractivity contribution in [2.45, 2.75) is 0 Å². The first-order valence-corrected chi connectivity index (χ1v) is 3.82. The number of hydrogen-bond donors (Lipinski definition) is 2. The van der Waals surface area contributed by atoms with Gasteiger partial charge < -0.3 is 14.9 Å². The summed E-state index contributed by atoms with van der Waals surface area (Å²) in [6.07, 6.45) is 0. The van der Waals surface area contributed by atoms with E-state index in [2.05, 4.69) is 4.74 Å². The van der Waals surface area contributed by atoms with Gasteiger partial charge in [0.2, 0.25) is 0 Å². The van der Waals surface area contributed by atoms with E-state index < -0.39 is 17.5 Å². The van der Waals surface area contributed by atoms with Gasteiger partial charge in [-0.25, -0.2) is 4.79 Å². The lowest BCUT2D eigenvalue weighted by Crippen LogP contribution is -2.09. The van der Waals surface area contributed by atoms with Crippen LogP contribution in [-0.2, 0) is 4.79 Å². The third kappa shape index (κ3) is 2.83.